The van der Waals surface area contributed by atoms with Gasteiger partial charge in [0.2, 0.25) is 5.91 Å². The first kappa shape index (κ1) is 23.0. The summed E-state index contributed by atoms with van der Waals surface area (Å²) < 4.78 is 12.1. The number of fused-ring (bicyclic) bond motifs is 1. The molecule has 3 fully saturated rings. The van der Waals surface area contributed by atoms with Gasteiger partial charge in [0.05, 0.1) is 37.9 Å². The third-order valence-electron chi connectivity index (χ3n) is 6.62. The van der Waals surface area contributed by atoms with E-state index in [-0.39, 0.29) is 24.2 Å². The molecule has 1 aromatic carbocycles. The third kappa shape index (κ3) is 6.18. The Hall–Kier alpha value is -1.22. The quantitative estimate of drug-likeness (QED) is 0.750. The van der Waals surface area contributed by atoms with E-state index in [9.17, 15) is 9.90 Å². The van der Waals surface area contributed by atoms with Crippen LogP contribution >= 0.6 is 11.6 Å². The predicted molar refractivity (Wildman–Crippen MR) is 119 cm³/mol. The Labute approximate surface area is 189 Å². The molecule has 4 rings (SSSR count). The summed E-state index contributed by atoms with van der Waals surface area (Å²) >= 11 is 6.18. The number of likely N-dealkylation sites (N-methyl/N-ethyl adjacent to an activating group) is 1. The van der Waals surface area contributed by atoms with Gasteiger partial charge in [0.25, 0.3) is 0 Å². The molecule has 0 bridgehead atoms. The number of hydrogen-bond acceptors (Lipinski definition) is 6. The Balaban J connectivity index is 1.38. The summed E-state index contributed by atoms with van der Waals surface area (Å²) in [6.45, 7) is 5.41. The highest BCUT2D eigenvalue weighted by molar-refractivity contribution is 6.30. The number of β-amino-alcohol motifs (C(OH)–C–C–N with tert-alkyl or cyclic N) is 1. The number of halogens is 1. The van der Waals surface area contributed by atoms with E-state index in [1.54, 1.807) is 0 Å². The van der Waals surface area contributed by atoms with Crippen LogP contribution in [0.3, 0.4) is 0 Å². The van der Waals surface area contributed by atoms with Gasteiger partial charge in [-0.3, -0.25) is 9.69 Å². The number of rotatable bonds is 4. The molecule has 3 aliphatic heterocycles. The van der Waals surface area contributed by atoms with E-state index in [0.717, 1.165) is 44.6 Å². The molecular formula is C23H34ClN3O4. The first-order valence-electron chi connectivity index (χ1n) is 11.3. The SMILES string of the molecule is CN1CCN(C(=O)C[C@H]2CC[C@@H]3[C@H](COC[C@H](O)CN3Cc3cccc(Cl)c3)O2)CC1. The third-order valence-corrected chi connectivity index (χ3v) is 6.86. The second-order valence-electron chi connectivity index (χ2n) is 9.08. The number of carbonyl (C=O) groups excluding carboxylic acids is 1. The lowest BCUT2D eigenvalue weighted by Gasteiger charge is -2.45. The van der Waals surface area contributed by atoms with Crippen molar-refractivity contribution < 1.29 is 19.4 Å². The van der Waals surface area contributed by atoms with E-state index in [4.69, 9.17) is 21.1 Å². The number of benzene rings is 1. The number of hydrogen-bond donors (Lipinski definition) is 1. The number of amides is 1. The fourth-order valence-corrected chi connectivity index (χ4v) is 5.09. The number of aliphatic hydroxyl groups is 1. The van der Waals surface area contributed by atoms with E-state index in [1.807, 2.05) is 23.1 Å². The largest absolute Gasteiger partial charge is 0.389 e. The standard InChI is InChI=1S/C23H34ClN3O4/c1-25-7-9-26(10-8-25)23(29)12-20-5-6-21-22(31-20)16-30-15-19(28)14-27(21)13-17-3-2-4-18(24)11-17/h2-4,11,19-22,28H,5-10,12-16H2,1H3/t19-,20-,21-,22+/m1/s1. The second-order valence-corrected chi connectivity index (χ2v) is 9.52. The van der Waals surface area contributed by atoms with Crippen LogP contribution in [0.2, 0.25) is 5.02 Å². The minimum atomic E-state index is -0.531. The van der Waals surface area contributed by atoms with Gasteiger partial charge in [-0.25, -0.2) is 0 Å². The zero-order valence-corrected chi connectivity index (χ0v) is 19.0. The first-order chi connectivity index (χ1) is 15.0. The van der Waals surface area contributed by atoms with Crippen molar-refractivity contribution >= 4 is 17.5 Å². The fraction of sp³-hybridized carbons (Fsp3) is 0.696. The second kappa shape index (κ2) is 10.6. The molecule has 0 radical (unpaired) electrons. The van der Waals surface area contributed by atoms with Crippen molar-refractivity contribution in [3.05, 3.63) is 34.9 Å². The molecule has 3 aliphatic rings. The Morgan fingerprint density at radius 1 is 1.19 bits per heavy atom. The number of carbonyl (C=O) groups is 1. The highest BCUT2D eigenvalue weighted by Gasteiger charge is 2.38. The number of ether oxygens (including phenoxy) is 2. The van der Waals surface area contributed by atoms with Crippen molar-refractivity contribution in [3.63, 3.8) is 0 Å². The lowest BCUT2D eigenvalue weighted by molar-refractivity contribution is -0.161. The summed E-state index contributed by atoms with van der Waals surface area (Å²) in [4.78, 5) is 19.3. The molecule has 1 amide bonds. The molecular weight excluding hydrogens is 418 g/mol. The van der Waals surface area contributed by atoms with Crippen molar-refractivity contribution in [2.45, 2.75) is 50.2 Å². The lowest BCUT2D eigenvalue weighted by atomic mass is 9.94. The molecule has 7 nitrogen and oxygen atoms in total. The molecule has 3 heterocycles. The summed E-state index contributed by atoms with van der Waals surface area (Å²) in [6, 6.07) is 8.00. The van der Waals surface area contributed by atoms with Crippen molar-refractivity contribution in [2.24, 2.45) is 0 Å². The molecule has 0 saturated carbocycles. The Morgan fingerprint density at radius 3 is 2.77 bits per heavy atom. The van der Waals surface area contributed by atoms with E-state index < -0.39 is 6.10 Å². The molecule has 31 heavy (non-hydrogen) atoms. The van der Waals surface area contributed by atoms with Crippen LogP contribution in [0.15, 0.2) is 24.3 Å². The van der Waals surface area contributed by atoms with Gasteiger partial charge >= 0.3 is 0 Å². The number of nitrogens with zero attached hydrogens (tertiary/aromatic N) is 3. The number of aliphatic hydroxyl groups excluding tert-OH is 1. The van der Waals surface area contributed by atoms with Gasteiger partial charge < -0.3 is 24.4 Å². The van der Waals surface area contributed by atoms with Gasteiger partial charge in [-0.2, -0.15) is 0 Å². The zero-order valence-electron chi connectivity index (χ0n) is 18.3. The zero-order chi connectivity index (χ0) is 21.8. The average molecular weight is 452 g/mol. The molecule has 1 aromatic rings. The molecule has 1 N–H and O–H groups in total. The van der Waals surface area contributed by atoms with Crippen LogP contribution in [-0.4, -0.2) is 103 Å². The molecule has 172 valence electrons. The van der Waals surface area contributed by atoms with Gasteiger partial charge in [0, 0.05) is 50.3 Å². The Morgan fingerprint density at radius 2 is 2.00 bits per heavy atom. The van der Waals surface area contributed by atoms with Crippen LogP contribution in [-0.2, 0) is 20.8 Å². The topological polar surface area (TPSA) is 65.5 Å². The summed E-state index contributed by atoms with van der Waals surface area (Å²) in [7, 11) is 2.09. The maximum absolute atomic E-state index is 12.8. The molecule has 3 saturated heterocycles. The highest BCUT2D eigenvalue weighted by atomic mass is 35.5. The van der Waals surface area contributed by atoms with Crippen LogP contribution < -0.4 is 0 Å². The summed E-state index contributed by atoms with van der Waals surface area (Å²) in [6.07, 6.45) is 1.48. The average Bonchev–Trinajstić information content (AvgIpc) is 2.73. The van der Waals surface area contributed by atoms with Gasteiger partial charge in [-0.05, 0) is 37.6 Å². The van der Waals surface area contributed by atoms with Crippen molar-refractivity contribution in [3.8, 4) is 0 Å². The highest BCUT2D eigenvalue weighted by Crippen LogP contribution is 2.29. The molecule has 8 heteroatoms. The maximum atomic E-state index is 12.8. The van der Waals surface area contributed by atoms with Gasteiger partial charge in [-0.15, -0.1) is 0 Å². The molecule has 0 unspecified atom stereocenters. The van der Waals surface area contributed by atoms with E-state index in [1.165, 1.54) is 0 Å². The van der Waals surface area contributed by atoms with E-state index >= 15 is 0 Å². The molecule has 0 aromatic heterocycles. The lowest BCUT2D eigenvalue weighted by Crippen LogP contribution is -2.55. The first-order valence-corrected chi connectivity index (χ1v) is 11.7. The van der Waals surface area contributed by atoms with Crippen LogP contribution in [0.1, 0.15) is 24.8 Å². The van der Waals surface area contributed by atoms with Crippen LogP contribution in [0.25, 0.3) is 0 Å². The van der Waals surface area contributed by atoms with Crippen molar-refractivity contribution in [2.75, 3.05) is 53.0 Å². The molecule has 4 atom stereocenters. The summed E-state index contributed by atoms with van der Waals surface area (Å²) in [5, 5.41) is 11.1. The van der Waals surface area contributed by atoms with Crippen molar-refractivity contribution in [1.82, 2.24) is 14.7 Å². The van der Waals surface area contributed by atoms with E-state index in [2.05, 4.69) is 22.9 Å². The van der Waals surface area contributed by atoms with Gasteiger partial charge in [0.15, 0.2) is 0 Å². The summed E-state index contributed by atoms with van der Waals surface area (Å²) in [5.41, 5.74) is 1.12. The van der Waals surface area contributed by atoms with Gasteiger partial charge in [-0.1, -0.05) is 23.7 Å². The minimum absolute atomic E-state index is 0.0747. The maximum Gasteiger partial charge on any atom is 0.225 e. The molecule has 0 spiro atoms. The summed E-state index contributed by atoms with van der Waals surface area (Å²) in [5.74, 6) is 0.189. The van der Waals surface area contributed by atoms with Crippen molar-refractivity contribution in [1.29, 1.82) is 0 Å². The minimum Gasteiger partial charge on any atom is -0.389 e. The Kier molecular flexibility index (Phi) is 7.85. The fourth-order valence-electron chi connectivity index (χ4n) is 4.88. The number of piperazine rings is 1. The van der Waals surface area contributed by atoms with Crippen LogP contribution in [0.4, 0.5) is 0 Å². The van der Waals surface area contributed by atoms with Crippen LogP contribution in [0, 0.1) is 0 Å². The van der Waals surface area contributed by atoms with Crippen LogP contribution in [0.5, 0.6) is 0 Å². The normalized spacial score (nSPS) is 31.0. The molecule has 0 aliphatic carbocycles. The van der Waals surface area contributed by atoms with E-state index in [0.29, 0.717) is 37.7 Å². The predicted octanol–water partition coefficient (Wildman–Crippen LogP) is 1.61. The Bertz CT molecular complexity index is 743. The smallest absolute Gasteiger partial charge is 0.225 e. The monoisotopic (exact) mass is 451 g/mol. The van der Waals surface area contributed by atoms with Gasteiger partial charge in [0.1, 0.15) is 0 Å².